The summed E-state index contributed by atoms with van der Waals surface area (Å²) in [6.07, 6.45) is 1.68. The molecule has 3 aromatic carbocycles. The number of rotatable bonds is 10. The van der Waals surface area contributed by atoms with Crippen LogP contribution in [0.25, 0.3) is 17.1 Å². The largest absolute Gasteiger partial charge is 0.293 e. The van der Waals surface area contributed by atoms with E-state index in [-0.39, 0.29) is 17.0 Å². The molecule has 0 aliphatic heterocycles. The van der Waals surface area contributed by atoms with Crippen molar-refractivity contribution in [3.05, 3.63) is 92.5 Å². The van der Waals surface area contributed by atoms with E-state index >= 15 is 0 Å². The predicted molar refractivity (Wildman–Crippen MR) is 170 cm³/mol. The normalized spacial score (nSPS) is 12.4. The lowest BCUT2D eigenvalue weighted by atomic mass is 9.89. The summed E-state index contributed by atoms with van der Waals surface area (Å²) >= 11 is 14.3. The van der Waals surface area contributed by atoms with Gasteiger partial charge in [-0.2, -0.15) is 0 Å². The van der Waals surface area contributed by atoms with Gasteiger partial charge in [0.1, 0.15) is 0 Å². The molecule has 0 fully saturated rings. The fraction of sp³-hybridized carbons (Fsp3) is 0.364. The monoisotopic (exact) mass is 593 g/mol. The molecule has 40 heavy (non-hydrogen) atoms. The fourth-order valence-electron chi connectivity index (χ4n) is 4.97. The van der Waals surface area contributed by atoms with Crippen LogP contribution < -0.4 is 0 Å². The van der Waals surface area contributed by atoms with Crippen molar-refractivity contribution in [3.8, 4) is 17.1 Å². The van der Waals surface area contributed by atoms with Crippen molar-refractivity contribution < 1.29 is 4.79 Å². The molecule has 4 aromatic rings. The van der Waals surface area contributed by atoms with E-state index in [0.29, 0.717) is 26.9 Å². The van der Waals surface area contributed by atoms with Crippen LogP contribution in [0.4, 0.5) is 0 Å². The maximum absolute atomic E-state index is 13.9. The lowest BCUT2D eigenvalue weighted by Gasteiger charge is -2.20. The molecule has 0 bridgehead atoms. The van der Waals surface area contributed by atoms with E-state index in [1.807, 2.05) is 25.1 Å². The minimum Gasteiger partial charge on any atom is -0.293 e. The summed E-state index contributed by atoms with van der Waals surface area (Å²) in [6, 6.07) is 18.0. The van der Waals surface area contributed by atoms with Gasteiger partial charge in [0.15, 0.2) is 16.8 Å². The molecular weight excluding hydrogens is 557 g/mol. The summed E-state index contributed by atoms with van der Waals surface area (Å²) in [6.45, 7) is 14.9. The van der Waals surface area contributed by atoms with E-state index in [4.69, 9.17) is 23.2 Å². The number of nitrogens with zero attached hydrogens (tertiary/aromatic N) is 3. The van der Waals surface area contributed by atoms with Gasteiger partial charge in [-0.1, -0.05) is 113 Å². The second-order valence-corrected chi connectivity index (χ2v) is 12.8. The fourth-order valence-corrected chi connectivity index (χ4v) is 6.38. The predicted octanol–water partition coefficient (Wildman–Crippen LogP) is 9.98. The Bertz CT molecular complexity index is 1500. The quantitative estimate of drug-likeness (QED) is 0.135. The molecule has 0 saturated heterocycles. The molecule has 0 aliphatic carbocycles. The number of aromatic nitrogens is 3. The molecule has 1 atom stereocenters. The zero-order valence-corrected chi connectivity index (χ0v) is 26.6. The topological polar surface area (TPSA) is 47.8 Å². The zero-order chi connectivity index (χ0) is 29.1. The summed E-state index contributed by atoms with van der Waals surface area (Å²) in [7, 11) is 0. The van der Waals surface area contributed by atoms with Crippen LogP contribution in [0, 0.1) is 0 Å². The Morgan fingerprint density at radius 3 is 2.12 bits per heavy atom. The van der Waals surface area contributed by atoms with Gasteiger partial charge in [0, 0.05) is 16.1 Å². The van der Waals surface area contributed by atoms with Gasteiger partial charge in [-0.05, 0) is 72.1 Å². The first kappa shape index (κ1) is 30.4. The van der Waals surface area contributed by atoms with E-state index < -0.39 is 0 Å². The number of hydrogen-bond acceptors (Lipinski definition) is 4. The lowest BCUT2D eigenvalue weighted by Crippen LogP contribution is -2.18. The summed E-state index contributed by atoms with van der Waals surface area (Å²) in [5.41, 5.74) is 7.25. The van der Waals surface area contributed by atoms with Crippen LogP contribution in [0.1, 0.15) is 92.9 Å². The average molecular weight is 595 g/mol. The van der Waals surface area contributed by atoms with Gasteiger partial charge in [0.05, 0.1) is 16.0 Å². The van der Waals surface area contributed by atoms with E-state index in [1.54, 1.807) is 6.07 Å². The summed E-state index contributed by atoms with van der Waals surface area (Å²) < 4.78 is 2.08. The molecule has 1 aromatic heterocycles. The van der Waals surface area contributed by atoms with Gasteiger partial charge in [0.2, 0.25) is 0 Å². The summed E-state index contributed by atoms with van der Waals surface area (Å²) in [5, 5.41) is 10.6. The molecule has 0 saturated carbocycles. The number of benzene rings is 3. The average Bonchev–Trinajstić information content (AvgIpc) is 3.33. The van der Waals surface area contributed by atoms with Crippen molar-refractivity contribution in [3.63, 3.8) is 0 Å². The van der Waals surface area contributed by atoms with Gasteiger partial charge in [0.25, 0.3) is 0 Å². The van der Waals surface area contributed by atoms with Crippen LogP contribution in [-0.2, 0) is 12.8 Å². The van der Waals surface area contributed by atoms with Crippen molar-refractivity contribution in [2.45, 2.75) is 83.5 Å². The molecule has 0 spiro atoms. The highest BCUT2D eigenvalue weighted by Crippen LogP contribution is 2.38. The first-order chi connectivity index (χ1) is 19.1. The van der Waals surface area contributed by atoms with Crippen molar-refractivity contribution in [2.24, 2.45) is 0 Å². The Morgan fingerprint density at radius 2 is 1.55 bits per heavy atom. The molecule has 1 unspecified atom stereocenters. The van der Waals surface area contributed by atoms with Crippen LogP contribution in [0.3, 0.4) is 0 Å². The van der Waals surface area contributed by atoms with Crippen molar-refractivity contribution >= 4 is 40.7 Å². The highest BCUT2D eigenvalue weighted by Gasteiger charge is 2.27. The number of carbonyl (C=O) groups is 1. The van der Waals surface area contributed by atoms with Gasteiger partial charge in [-0.25, -0.2) is 0 Å². The van der Waals surface area contributed by atoms with E-state index in [9.17, 15) is 4.79 Å². The molecule has 1 heterocycles. The molecule has 0 N–H and O–H groups in total. The molecule has 0 aliphatic rings. The Morgan fingerprint density at radius 1 is 0.875 bits per heavy atom. The SMILES string of the molecule is CCc1cccc(CC)c1-n1c(SC(C)C(=O)c2ccc(C(C)C)cc2C(C)C)nnc1-c1ccc(Cl)cc1Cl. The Labute approximate surface area is 252 Å². The minimum atomic E-state index is -0.377. The van der Waals surface area contributed by atoms with Gasteiger partial charge in [-0.15, -0.1) is 10.2 Å². The number of carbonyl (C=O) groups excluding carboxylic acids is 1. The molecule has 0 amide bonds. The smallest absolute Gasteiger partial charge is 0.196 e. The van der Waals surface area contributed by atoms with Gasteiger partial charge in [-0.3, -0.25) is 9.36 Å². The van der Waals surface area contributed by atoms with E-state index in [0.717, 1.165) is 35.2 Å². The Balaban J connectivity index is 1.84. The van der Waals surface area contributed by atoms with Gasteiger partial charge >= 0.3 is 0 Å². The number of ketones is 1. The van der Waals surface area contributed by atoms with E-state index in [2.05, 4.69) is 86.6 Å². The van der Waals surface area contributed by atoms with Gasteiger partial charge < -0.3 is 0 Å². The summed E-state index contributed by atoms with van der Waals surface area (Å²) in [5.74, 6) is 1.35. The molecule has 7 heteroatoms. The van der Waals surface area contributed by atoms with Crippen LogP contribution in [0.2, 0.25) is 10.0 Å². The molecule has 0 radical (unpaired) electrons. The molecular formula is C33H37Cl2N3OS. The number of halogens is 2. The van der Waals surface area contributed by atoms with Crippen molar-refractivity contribution in [1.29, 1.82) is 0 Å². The second kappa shape index (κ2) is 12.9. The molecule has 4 rings (SSSR count). The third-order valence-electron chi connectivity index (χ3n) is 7.28. The first-order valence-electron chi connectivity index (χ1n) is 13.9. The summed E-state index contributed by atoms with van der Waals surface area (Å²) in [4.78, 5) is 13.9. The Hall–Kier alpha value is -2.60. The number of Topliss-reactive ketones (excluding diaryl/α,β-unsaturated/α-hetero) is 1. The third-order valence-corrected chi connectivity index (χ3v) is 8.87. The highest BCUT2D eigenvalue weighted by atomic mass is 35.5. The zero-order valence-electron chi connectivity index (χ0n) is 24.3. The number of para-hydroxylation sites is 1. The van der Waals surface area contributed by atoms with Crippen LogP contribution in [0.15, 0.2) is 59.8 Å². The number of thioether (sulfide) groups is 1. The maximum atomic E-state index is 13.9. The van der Waals surface area contributed by atoms with Crippen molar-refractivity contribution in [1.82, 2.24) is 14.8 Å². The van der Waals surface area contributed by atoms with E-state index in [1.165, 1.54) is 28.5 Å². The number of aryl methyl sites for hydroxylation is 2. The van der Waals surface area contributed by atoms with Crippen LogP contribution >= 0.6 is 35.0 Å². The maximum Gasteiger partial charge on any atom is 0.196 e. The van der Waals surface area contributed by atoms with Crippen LogP contribution in [0.5, 0.6) is 0 Å². The first-order valence-corrected chi connectivity index (χ1v) is 15.6. The highest BCUT2D eigenvalue weighted by molar-refractivity contribution is 8.00. The minimum absolute atomic E-state index is 0.0872. The third kappa shape index (κ3) is 6.17. The Kier molecular flexibility index (Phi) is 9.81. The molecule has 210 valence electrons. The van der Waals surface area contributed by atoms with Crippen molar-refractivity contribution in [2.75, 3.05) is 0 Å². The molecule has 4 nitrogen and oxygen atoms in total. The number of hydrogen-bond donors (Lipinski definition) is 0. The second-order valence-electron chi connectivity index (χ2n) is 10.7. The lowest BCUT2D eigenvalue weighted by molar-refractivity contribution is 0.0992. The van der Waals surface area contributed by atoms with Crippen LogP contribution in [-0.4, -0.2) is 25.8 Å². The standard InChI is InChI=1S/C33H37Cl2N3OS/c1-8-22-11-10-12-23(9-2)30(22)38-32(27-16-14-25(34)18-29(27)35)36-37-33(38)40-21(7)31(39)26-15-13-24(19(3)4)17-28(26)20(5)6/h10-21H,8-9H2,1-7H3.